The van der Waals surface area contributed by atoms with Gasteiger partial charge in [-0.15, -0.1) is 0 Å². The van der Waals surface area contributed by atoms with Gasteiger partial charge in [0.2, 0.25) is 0 Å². The number of aryl methyl sites for hydroxylation is 1. The Bertz CT molecular complexity index is 1130. The van der Waals surface area contributed by atoms with Crippen LogP contribution < -0.4 is 14.3 Å². The average molecular weight is 414 g/mol. The van der Waals surface area contributed by atoms with Crippen molar-refractivity contribution in [1.29, 1.82) is 0 Å². The van der Waals surface area contributed by atoms with Crippen molar-refractivity contribution in [2.24, 2.45) is 4.99 Å². The molecular formula is C21H22N2O5S. The number of fused-ring (bicyclic) bond motifs is 1. The molecule has 0 radical (unpaired) electrons. The number of ether oxygens (including phenoxy) is 3. The zero-order chi connectivity index (χ0) is 21.0. The van der Waals surface area contributed by atoms with Gasteiger partial charge < -0.3 is 18.8 Å². The lowest BCUT2D eigenvalue weighted by Gasteiger charge is -2.08. The minimum Gasteiger partial charge on any atom is -0.497 e. The molecule has 0 unspecified atom stereocenters. The monoisotopic (exact) mass is 414 g/mol. The second-order valence-corrected chi connectivity index (χ2v) is 7.24. The molecule has 0 saturated heterocycles. The van der Waals surface area contributed by atoms with E-state index < -0.39 is 5.91 Å². The third-order valence-electron chi connectivity index (χ3n) is 4.27. The normalized spacial score (nSPS) is 11.5. The maximum atomic E-state index is 12.9. The molecule has 0 aliphatic carbocycles. The van der Waals surface area contributed by atoms with Gasteiger partial charge in [0.15, 0.2) is 4.80 Å². The van der Waals surface area contributed by atoms with Crippen LogP contribution >= 0.6 is 11.3 Å². The molecule has 3 rings (SSSR count). The van der Waals surface area contributed by atoms with E-state index in [1.165, 1.54) is 25.6 Å². The lowest BCUT2D eigenvalue weighted by molar-refractivity contribution is -0.143. The van der Waals surface area contributed by atoms with E-state index in [1.807, 2.05) is 25.1 Å². The van der Waals surface area contributed by atoms with Gasteiger partial charge in [0.25, 0.3) is 5.91 Å². The molecule has 1 amide bonds. The number of benzene rings is 2. The van der Waals surface area contributed by atoms with Gasteiger partial charge >= 0.3 is 5.97 Å². The summed E-state index contributed by atoms with van der Waals surface area (Å²) in [5.41, 5.74) is 2.18. The van der Waals surface area contributed by atoms with Gasteiger partial charge in [0, 0.05) is 0 Å². The Morgan fingerprint density at radius 2 is 1.90 bits per heavy atom. The van der Waals surface area contributed by atoms with Crippen LogP contribution in [0.3, 0.4) is 0 Å². The van der Waals surface area contributed by atoms with Crippen LogP contribution in [0.1, 0.15) is 22.8 Å². The molecular weight excluding hydrogens is 392 g/mol. The third-order valence-corrected chi connectivity index (χ3v) is 5.31. The first kappa shape index (κ1) is 20.6. The van der Waals surface area contributed by atoms with Gasteiger partial charge in [-0.25, -0.2) is 0 Å². The number of hydrogen-bond acceptors (Lipinski definition) is 6. The van der Waals surface area contributed by atoms with Crippen molar-refractivity contribution in [3.8, 4) is 11.5 Å². The predicted molar refractivity (Wildman–Crippen MR) is 111 cm³/mol. The predicted octanol–water partition coefficient (Wildman–Crippen LogP) is 3.33. The van der Waals surface area contributed by atoms with Crippen LogP contribution in [0.15, 0.2) is 41.4 Å². The zero-order valence-corrected chi connectivity index (χ0v) is 17.5. The first-order chi connectivity index (χ1) is 14.0. The number of aromatic nitrogens is 1. The number of rotatable bonds is 6. The molecule has 0 aliphatic heterocycles. The van der Waals surface area contributed by atoms with Crippen LogP contribution in [0.25, 0.3) is 10.2 Å². The van der Waals surface area contributed by atoms with Gasteiger partial charge in [0.05, 0.1) is 36.6 Å². The van der Waals surface area contributed by atoms with Crippen molar-refractivity contribution in [2.45, 2.75) is 20.4 Å². The topological polar surface area (TPSA) is 79.1 Å². The molecule has 7 nitrogen and oxygen atoms in total. The Morgan fingerprint density at radius 3 is 2.59 bits per heavy atom. The summed E-state index contributed by atoms with van der Waals surface area (Å²) in [4.78, 5) is 29.8. The Hall–Kier alpha value is -3.13. The molecule has 29 heavy (non-hydrogen) atoms. The van der Waals surface area contributed by atoms with Gasteiger partial charge in [-0.2, -0.15) is 4.99 Å². The summed E-state index contributed by atoms with van der Waals surface area (Å²) in [5.74, 6) is 0.0476. The summed E-state index contributed by atoms with van der Waals surface area (Å²) in [6, 6.07) is 10.8. The van der Waals surface area contributed by atoms with Gasteiger partial charge in [0.1, 0.15) is 18.0 Å². The summed E-state index contributed by atoms with van der Waals surface area (Å²) < 4.78 is 18.2. The fourth-order valence-corrected chi connectivity index (χ4v) is 4.01. The number of esters is 1. The maximum Gasteiger partial charge on any atom is 0.326 e. The molecule has 0 fully saturated rings. The fourth-order valence-electron chi connectivity index (χ4n) is 2.88. The SMILES string of the molecule is CCOC(=O)Cn1c(=NC(=O)c2cc(OC)ccc2OC)sc2cc(C)ccc21. The first-order valence-corrected chi connectivity index (χ1v) is 9.85. The van der Waals surface area contributed by atoms with Crippen LogP contribution in [0.4, 0.5) is 0 Å². The summed E-state index contributed by atoms with van der Waals surface area (Å²) in [6.07, 6.45) is 0. The highest BCUT2D eigenvalue weighted by atomic mass is 32.1. The standard InChI is InChI=1S/C21H22N2O5S/c1-5-28-19(24)12-23-16-8-6-13(2)10-18(16)29-21(23)22-20(25)15-11-14(26-3)7-9-17(15)27-4/h6-11H,5,12H2,1-4H3. The van der Waals surface area contributed by atoms with Crippen LogP contribution in [0.2, 0.25) is 0 Å². The molecule has 1 aromatic heterocycles. The Labute approximate surface area is 172 Å². The summed E-state index contributed by atoms with van der Waals surface area (Å²) in [7, 11) is 3.01. The largest absolute Gasteiger partial charge is 0.497 e. The van der Waals surface area contributed by atoms with E-state index in [9.17, 15) is 9.59 Å². The van der Waals surface area contributed by atoms with E-state index in [0.717, 1.165) is 15.8 Å². The highest BCUT2D eigenvalue weighted by molar-refractivity contribution is 7.16. The lowest BCUT2D eigenvalue weighted by atomic mass is 10.2. The van der Waals surface area contributed by atoms with Crippen LogP contribution in [-0.2, 0) is 16.1 Å². The molecule has 3 aromatic rings. The van der Waals surface area contributed by atoms with E-state index in [0.29, 0.717) is 16.3 Å². The minimum atomic E-state index is -0.485. The smallest absolute Gasteiger partial charge is 0.326 e. The number of nitrogens with zero attached hydrogens (tertiary/aromatic N) is 2. The molecule has 8 heteroatoms. The Morgan fingerprint density at radius 1 is 1.10 bits per heavy atom. The molecule has 1 heterocycles. The van der Waals surface area contributed by atoms with E-state index >= 15 is 0 Å². The Balaban J connectivity index is 2.14. The number of methoxy groups -OCH3 is 2. The molecule has 2 aromatic carbocycles. The van der Waals surface area contributed by atoms with E-state index in [2.05, 4.69) is 4.99 Å². The zero-order valence-electron chi connectivity index (χ0n) is 16.7. The molecule has 0 N–H and O–H groups in total. The summed E-state index contributed by atoms with van der Waals surface area (Å²) in [6.45, 7) is 3.99. The van der Waals surface area contributed by atoms with E-state index in [4.69, 9.17) is 14.2 Å². The number of amides is 1. The third kappa shape index (κ3) is 4.48. The van der Waals surface area contributed by atoms with Crippen LogP contribution in [0, 0.1) is 6.92 Å². The van der Waals surface area contributed by atoms with Crippen molar-refractivity contribution in [1.82, 2.24) is 4.57 Å². The van der Waals surface area contributed by atoms with Gasteiger partial charge in [-0.3, -0.25) is 9.59 Å². The van der Waals surface area contributed by atoms with E-state index in [-0.39, 0.29) is 24.7 Å². The number of carbonyl (C=O) groups is 2. The van der Waals surface area contributed by atoms with Crippen molar-refractivity contribution in [3.63, 3.8) is 0 Å². The molecule has 0 bridgehead atoms. The number of hydrogen-bond donors (Lipinski definition) is 0. The van der Waals surface area contributed by atoms with Crippen molar-refractivity contribution in [3.05, 3.63) is 52.3 Å². The highest BCUT2D eigenvalue weighted by Gasteiger charge is 2.16. The molecule has 0 aliphatic rings. The van der Waals surface area contributed by atoms with Crippen molar-refractivity contribution >= 4 is 33.4 Å². The molecule has 0 saturated carbocycles. The van der Waals surface area contributed by atoms with E-state index in [1.54, 1.807) is 29.7 Å². The summed E-state index contributed by atoms with van der Waals surface area (Å²) >= 11 is 1.34. The highest BCUT2D eigenvalue weighted by Crippen LogP contribution is 2.25. The summed E-state index contributed by atoms with van der Waals surface area (Å²) in [5, 5.41) is 0. The Kier molecular flexibility index (Phi) is 6.33. The van der Waals surface area contributed by atoms with Crippen LogP contribution in [0.5, 0.6) is 11.5 Å². The second-order valence-electron chi connectivity index (χ2n) is 6.23. The van der Waals surface area contributed by atoms with Crippen molar-refractivity contribution in [2.75, 3.05) is 20.8 Å². The van der Waals surface area contributed by atoms with Crippen LogP contribution in [-0.4, -0.2) is 37.3 Å². The number of thiazole rings is 1. The molecule has 0 spiro atoms. The number of carbonyl (C=O) groups excluding carboxylic acids is 2. The quantitative estimate of drug-likeness (QED) is 0.578. The average Bonchev–Trinajstić information content (AvgIpc) is 3.03. The second kappa shape index (κ2) is 8.91. The minimum absolute atomic E-state index is 0.0295. The van der Waals surface area contributed by atoms with Gasteiger partial charge in [-0.1, -0.05) is 17.4 Å². The molecule has 152 valence electrons. The fraction of sp³-hybridized carbons (Fsp3) is 0.286. The molecule has 0 atom stereocenters. The first-order valence-electron chi connectivity index (χ1n) is 9.03. The lowest BCUT2D eigenvalue weighted by Crippen LogP contribution is -2.23. The van der Waals surface area contributed by atoms with Crippen molar-refractivity contribution < 1.29 is 23.8 Å². The van der Waals surface area contributed by atoms with Gasteiger partial charge in [-0.05, 0) is 49.7 Å². The maximum absolute atomic E-state index is 12.9.